The van der Waals surface area contributed by atoms with Crippen molar-refractivity contribution in [3.63, 3.8) is 0 Å². The summed E-state index contributed by atoms with van der Waals surface area (Å²) in [6, 6.07) is 49.7. The molecule has 7 nitrogen and oxygen atoms in total. The van der Waals surface area contributed by atoms with Crippen molar-refractivity contribution in [1.29, 1.82) is 0 Å². The third-order valence-corrected chi connectivity index (χ3v) is 20.1. The first kappa shape index (κ1) is 61.9. The van der Waals surface area contributed by atoms with Gasteiger partial charge in [0, 0.05) is 34.7 Å². The fraction of sp³-hybridized carbons (Fsp3) is 0.343. The molecule has 4 aliphatic rings. The molecule has 80 heavy (non-hydrogen) atoms. The van der Waals surface area contributed by atoms with Gasteiger partial charge in [-0.15, -0.1) is 11.4 Å². The van der Waals surface area contributed by atoms with Gasteiger partial charge in [-0.25, -0.2) is 0 Å². The molecule has 2 aromatic heterocycles. The summed E-state index contributed by atoms with van der Waals surface area (Å²) in [7, 11) is 1.37. The summed E-state index contributed by atoms with van der Waals surface area (Å²) in [5.74, 6) is 1.96. The number of hydrogen-bond acceptors (Lipinski definition) is 4. The second-order valence-electron chi connectivity index (χ2n) is 23.0. The van der Waals surface area contributed by atoms with E-state index in [0.717, 1.165) is 85.6 Å². The standard InChI is InChI=1S/2C26H27N2O.C6H18NSi2.2C6H6.Y/c2*1-29-24-15-13-19-8-3-5-11-22(19)26(24)25-21-10-4-2-7-18(21)12-14-23(25)28-17-20-9-6-16-27-20;1-8(2,3)7-9(4,5)6;2*1-2-4-6-5-3-1;/h2*6,9,12-17H,2-5,7-8,10-11H2,1H3;1-6H3;2*1-6H;/q3*-1;;;+3. The molecule has 0 aliphatic heterocycles. The van der Waals surface area contributed by atoms with Crippen molar-refractivity contribution < 1.29 is 42.2 Å². The van der Waals surface area contributed by atoms with Crippen LogP contribution in [0.2, 0.25) is 39.3 Å². The summed E-state index contributed by atoms with van der Waals surface area (Å²) in [6.45, 7) is 13.8. The maximum atomic E-state index is 5.90. The summed E-state index contributed by atoms with van der Waals surface area (Å²) >= 11 is 0. The number of rotatable bonds is 10. The summed E-state index contributed by atoms with van der Waals surface area (Å²) in [5, 5.41) is 0. The number of aromatic nitrogens is 2. The molecule has 0 saturated carbocycles. The Morgan fingerprint density at radius 1 is 0.375 bits per heavy atom. The van der Waals surface area contributed by atoms with Crippen molar-refractivity contribution >= 4 is 40.3 Å². The predicted molar refractivity (Wildman–Crippen MR) is 340 cm³/mol. The van der Waals surface area contributed by atoms with Crippen LogP contribution >= 0.6 is 0 Å². The van der Waals surface area contributed by atoms with Gasteiger partial charge in [0.1, 0.15) is 11.5 Å². The maximum Gasteiger partial charge on any atom is 3.00 e. The largest absolute Gasteiger partial charge is 3.00 e. The van der Waals surface area contributed by atoms with Gasteiger partial charge in [-0.2, -0.15) is 12.4 Å². The minimum absolute atomic E-state index is 0. The van der Waals surface area contributed by atoms with E-state index < -0.39 is 16.5 Å². The van der Waals surface area contributed by atoms with Crippen LogP contribution in [0.4, 0.5) is 11.4 Å². The fourth-order valence-corrected chi connectivity index (χ4v) is 19.8. The van der Waals surface area contributed by atoms with Crippen LogP contribution in [0.15, 0.2) is 168 Å². The maximum absolute atomic E-state index is 5.90. The molecule has 0 amide bonds. The molecule has 0 radical (unpaired) electrons. The smallest absolute Gasteiger partial charge is 0.668 e. The molecule has 0 saturated heterocycles. The molecule has 0 atom stereocenters. The molecule has 12 rings (SSSR count). The number of aliphatic imine (C=N–C) groups is 2. The van der Waals surface area contributed by atoms with E-state index in [9.17, 15) is 0 Å². The molecule has 4 aliphatic carbocycles. The first-order chi connectivity index (χ1) is 38.4. The molecule has 412 valence electrons. The summed E-state index contributed by atoms with van der Waals surface area (Å²) in [5.41, 5.74) is 20.8. The topological polar surface area (TPSA) is 85.5 Å². The van der Waals surface area contributed by atoms with E-state index in [1.807, 2.05) is 122 Å². The van der Waals surface area contributed by atoms with Gasteiger partial charge in [-0.1, -0.05) is 177 Å². The number of ether oxygens (including phenoxy) is 2. The molecule has 0 spiro atoms. The normalized spacial score (nSPS) is 14.3. The Bertz CT molecular complexity index is 2930. The number of aryl methyl sites for hydroxylation is 4. The van der Waals surface area contributed by atoms with Gasteiger partial charge in [0.05, 0.1) is 25.6 Å². The second kappa shape index (κ2) is 30.9. The average molecular weight is 1170 g/mol. The predicted octanol–water partition coefficient (Wildman–Crippen LogP) is 18.1. The van der Waals surface area contributed by atoms with Gasteiger partial charge in [0.15, 0.2) is 0 Å². The second-order valence-corrected chi connectivity index (χ2v) is 32.6. The van der Waals surface area contributed by atoms with E-state index in [-0.39, 0.29) is 32.7 Å². The van der Waals surface area contributed by atoms with Crippen molar-refractivity contribution in [3.05, 3.63) is 219 Å². The quantitative estimate of drug-likeness (QED) is 0.101. The number of nitrogens with zero attached hydrogens (tertiary/aromatic N) is 5. The van der Waals surface area contributed by atoms with Gasteiger partial charge < -0.3 is 24.1 Å². The summed E-state index contributed by atoms with van der Waals surface area (Å²) < 4.78 is 16.6. The number of benzene rings is 6. The summed E-state index contributed by atoms with van der Waals surface area (Å²) in [4.78, 5) is 18.5. The van der Waals surface area contributed by atoms with Gasteiger partial charge in [-0.05, 0) is 172 Å². The SMILES string of the molecule is COc1ccc2c(c1-c1c(N=Cc3ccc[n-]3)ccc3c1CCCC3)CCCC2.COc1ccc2c(c1-c1c(N=Cc3ccc[n-]3)ccc3c1CCCC3)CCCC2.C[Si](C)(C)[N-][Si](C)(C)C.[Y+3].c1ccccc1.c1ccccc1. The van der Waals surface area contributed by atoms with Crippen LogP contribution in [0.25, 0.3) is 26.9 Å². The van der Waals surface area contributed by atoms with Crippen molar-refractivity contribution in [3.8, 4) is 33.8 Å². The third kappa shape index (κ3) is 17.7. The van der Waals surface area contributed by atoms with E-state index in [1.54, 1.807) is 14.2 Å². The molecule has 8 aromatic rings. The average Bonchev–Trinajstić information content (AvgIpc) is 4.28. The zero-order chi connectivity index (χ0) is 55.5. The molecule has 0 N–H and O–H groups in total. The summed E-state index contributed by atoms with van der Waals surface area (Å²) in [6.07, 6.45) is 26.6. The molecule has 0 unspecified atom stereocenters. The minimum atomic E-state index is -1.11. The minimum Gasteiger partial charge on any atom is -0.668 e. The first-order valence-electron chi connectivity index (χ1n) is 29.1. The van der Waals surface area contributed by atoms with Crippen molar-refractivity contribution in [2.45, 2.75) is 142 Å². The van der Waals surface area contributed by atoms with Crippen LogP contribution < -0.4 is 19.4 Å². The Labute approximate surface area is 507 Å². The molecule has 0 fully saturated rings. The van der Waals surface area contributed by atoms with Crippen molar-refractivity contribution in [2.24, 2.45) is 9.98 Å². The van der Waals surface area contributed by atoms with Gasteiger partial charge >= 0.3 is 32.7 Å². The van der Waals surface area contributed by atoms with E-state index in [2.05, 4.69) is 97.8 Å². The monoisotopic (exact) mass is 1170 g/mol. The molecular weight excluding hydrogens is 1090 g/mol. The van der Waals surface area contributed by atoms with Crippen LogP contribution in [0.3, 0.4) is 0 Å². The van der Waals surface area contributed by atoms with Crippen LogP contribution in [0.5, 0.6) is 11.5 Å². The van der Waals surface area contributed by atoms with Crippen LogP contribution in [-0.2, 0) is 84.1 Å². The third-order valence-electron chi connectivity index (χ3n) is 14.8. The first-order valence-corrected chi connectivity index (χ1v) is 36.0. The Morgan fingerprint density at radius 3 is 0.925 bits per heavy atom. The molecular formula is C70H84N5O2Si2Y. The van der Waals surface area contributed by atoms with Crippen molar-refractivity contribution in [1.82, 2.24) is 9.97 Å². The van der Waals surface area contributed by atoms with Gasteiger partial charge in [0.2, 0.25) is 0 Å². The van der Waals surface area contributed by atoms with Crippen LogP contribution in [0.1, 0.15) is 107 Å². The number of hydrogen-bond donors (Lipinski definition) is 0. The van der Waals surface area contributed by atoms with E-state index in [1.165, 1.54) is 118 Å². The van der Waals surface area contributed by atoms with E-state index >= 15 is 0 Å². The van der Waals surface area contributed by atoms with Crippen molar-refractivity contribution in [2.75, 3.05) is 14.2 Å². The molecule has 0 bridgehead atoms. The number of fused-ring (bicyclic) bond motifs is 4. The van der Waals surface area contributed by atoms with Gasteiger partial charge in [-0.3, -0.25) is 9.98 Å². The Kier molecular flexibility index (Phi) is 24.0. The Balaban J connectivity index is 0.000000169. The number of methoxy groups -OCH3 is 2. The Hall–Kier alpha value is -5.68. The van der Waals surface area contributed by atoms with Crippen LogP contribution in [-0.4, -0.2) is 43.1 Å². The Morgan fingerprint density at radius 2 is 0.662 bits per heavy atom. The van der Waals surface area contributed by atoms with E-state index in [0.29, 0.717) is 0 Å². The van der Waals surface area contributed by atoms with Gasteiger partial charge in [0.25, 0.3) is 0 Å². The van der Waals surface area contributed by atoms with E-state index in [4.69, 9.17) is 24.1 Å². The molecule has 2 heterocycles. The fourth-order valence-electron chi connectivity index (χ4n) is 11.7. The molecule has 10 heteroatoms. The zero-order valence-corrected chi connectivity index (χ0v) is 53.9. The zero-order valence-electron chi connectivity index (χ0n) is 49.1. The molecule has 6 aromatic carbocycles. The van der Waals surface area contributed by atoms with Crippen LogP contribution in [0, 0.1) is 0 Å².